The van der Waals surface area contributed by atoms with Crippen LogP contribution in [0.4, 0.5) is 0 Å². The van der Waals surface area contributed by atoms with Crippen molar-refractivity contribution in [1.29, 1.82) is 0 Å². The zero-order valence-corrected chi connectivity index (χ0v) is 12.8. The van der Waals surface area contributed by atoms with Gasteiger partial charge >= 0.3 is 0 Å². The van der Waals surface area contributed by atoms with E-state index in [1.165, 1.54) is 12.1 Å². The van der Waals surface area contributed by atoms with E-state index in [0.717, 1.165) is 0 Å². The van der Waals surface area contributed by atoms with Crippen molar-refractivity contribution in [3.8, 4) is 17.2 Å². The first-order valence-electron chi connectivity index (χ1n) is 7.51. The standard InChI is InChI=1S/C15H22O9/c16-6-10-12(20)13(21)14(22)15(24-10)23-3-1-2-7-4-8(17)11(19)9(18)5-7/h4-5,10,12-22H,1-3,6H2/t10?,12-,13+,14?,15-/m1/s1. The Labute approximate surface area is 137 Å². The van der Waals surface area contributed by atoms with Gasteiger partial charge in [-0.15, -0.1) is 0 Å². The average Bonchev–Trinajstić information content (AvgIpc) is 2.56. The lowest BCUT2D eigenvalue weighted by atomic mass is 9.99. The Balaban J connectivity index is 1.83. The molecule has 2 unspecified atom stereocenters. The van der Waals surface area contributed by atoms with Gasteiger partial charge in [-0.05, 0) is 30.5 Å². The third kappa shape index (κ3) is 4.07. The number of benzene rings is 1. The highest BCUT2D eigenvalue weighted by Crippen LogP contribution is 2.35. The molecule has 1 aliphatic heterocycles. The molecule has 0 bridgehead atoms. The number of aromatic hydroxyl groups is 3. The fraction of sp³-hybridized carbons (Fsp3) is 0.600. The van der Waals surface area contributed by atoms with Crippen molar-refractivity contribution in [3.05, 3.63) is 17.7 Å². The molecule has 7 N–H and O–H groups in total. The molecular weight excluding hydrogens is 324 g/mol. The van der Waals surface area contributed by atoms with E-state index in [9.17, 15) is 30.6 Å². The number of ether oxygens (including phenoxy) is 2. The van der Waals surface area contributed by atoms with Crippen LogP contribution in [0.15, 0.2) is 12.1 Å². The normalized spacial score (nSPS) is 30.4. The lowest BCUT2D eigenvalue weighted by Crippen LogP contribution is -2.59. The van der Waals surface area contributed by atoms with Crippen LogP contribution in [0.2, 0.25) is 0 Å². The SMILES string of the molecule is OCC1O[C@@H](OCCCc2cc(O)c(O)c(O)c2)C(O)[C@@H](O)[C@@H]1O. The molecule has 1 heterocycles. The van der Waals surface area contributed by atoms with Gasteiger partial charge in [-0.25, -0.2) is 0 Å². The predicted molar refractivity (Wildman–Crippen MR) is 79.5 cm³/mol. The van der Waals surface area contributed by atoms with Crippen molar-refractivity contribution in [2.45, 2.75) is 43.5 Å². The third-order valence-electron chi connectivity index (χ3n) is 3.87. The highest BCUT2D eigenvalue weighted by atomic mass is 16.7. The molecule has 0 spiro atoms. The van der Waals surface area contributed by atoms with E-state index in [-0.39, 0.29) is 6.61 Å². The quantitative estimate of drug-likeness (QED) is 0.241. The third-order valence-corrected chi connectivity index (χ3v) is 3.87. The van der Waals surface area contributed by atoms with Crippen LogP contribution in [0.5, 0.6) is 17.2 Å². The van der Waals surface area contributed by atoms with Gasteiger partial charge in [-0.3, -0.25) is 0 Å². The van der Waals surface area contributed by atoms with Gasteiger partial charge in [0.2, 0.25) is 0 Å². The van der Waals surface area contributed by atoms with Crippen LogP contribution in [-0.2, 0) is 15.9 Å². The first-order chi connectivity index (χ1) is 11.3. The van der Waals surface area contributed by atoms with E-state index in [2.05, 4.69) is 0 Å². The average molecular weight is 346 g/mol. The van der Waals surface area contributed by atoms with Crippen molar-refractivity contribution in [2.24, 2.45) is 0 Å². The van der Waals surface area contributed by atoms with E-state index in [0.29, 0.717) is 18.4 Å². The van der Waals surface area contributed by atoms with Crippen molar-refractivity contribution in [3.63, 3.8) is 0 Å². The molecule has 0 amide bonds. The van der Waals surface area contributed by atoms with Gasteiger partial charge in [0.15, 0.2) is 23.5 Å². The molecule has 2 rings (SSSR count). The molecule has 9 heteroatoms. The van der Waals surface area contributed by atoms with Crippen LogP contribution in [0.3, 0.4) is 0 Å². The number of hydrogen-bond acceptors (Lipinski definition) is 9. The van der Waals surface area contributed by atoms with Crippen molar-refractivity contribution in [2.75, 3.05) is 13.2 Å². The first-order valence-corrected chi connectivity index (χ1v) is 7.51. The minimum absolute atomic E-state index is 0.116. The van der Waals surface area contributed by atoms with Crippen molar-refractivity contribution < 1.29 is 45.2 Å². The van der Waals surface area contributed by atoms with Crippen LogP contribution in [0, 0.1) is 0 Å². The van der Waals surface area contributed by atoms with Gasteiger partial charge in [0.05, 0.1) is 13.2 Å². The molecule has 24 heavy (non-hydrogen) atoms. The number of rotatable bonds is 6. The van der Waals surface area contributed by atoms with Gasteiger partial charge in [-0.2, -0.15) is 0 Å². The molecule has 1 aromatic rings. The maximum atomic E-state index is 9.81. The highest BCUT2D eigenvalue weighted by Gasteiger charge is 2.43. The summed E-state index contributed by atoms with van der Waals surface area (Å²) < 4.78 is 10.5. The fourth-order valence-electron chi connectivity index (χ4n) is 2.49. The lowest BCUT2D eigenvalue weighted by Gasteiger charge is -2.39. The molecule has 0 saturated carbocycles. The van der Waals surface area contributed by atoms with Gasteiger partial charge in [0.25, 0.3) is 0 Å². The smallest absolute Gasteiger partial charge is 0.200 e. The molecule has 1 aliphatic rings. The molecule has 5 atom stereocenters. The summed E-state index contributed by atoms with van der Waals surface area (Å²) in [6, 6.07) is 2.62. The fourth-order valence-corrected chi connectivity index (χ4v) is 2.49. The van der Waals surface area contributed by atoms with Crippen LogP contribution in [0.25, 0.3) is 0 Å². The summed E-state index contributed by atoms with van der Waals surface area (Å²) >= 11 is 0. The molecule has 0 aromatic heterocycles. The van der Waals surface area contributed by atoms with Gasteiger partial charge < -0.3 is 45.2 Å². The van der Waals surface area contributed by atoms with Crippen LogP contribution >= 0.6 is 0 Å². The van der Waals surface area contributed by atoms with E-state index in [1.807, 2.05) is 0 Å². The molecular formula is C15H22O9. The predicted octanol–water partition coefficient (Wildman–Crippen LogP) is -1.45. The summed E-state index contributed by atoms with van der Waals surface area (Å²) in [6.07, 6.45) is -5.77. The van der Waals surface area contributed by atoms with Gasteiger partial charge in [0.1, 0.15) is 24.4 Å². The van der Waals surface area contributed by atoms with Crippen LogP contribution < -0.4 is 0 Å². The first kappa shape index (κ1) is 18.7. The minimum Gasteiger partial charge on any atom is -0.504 e. The maximum absolute atomic E-state index is 9.81. The maximum Gasteiger partial charge on any atom is 0.200 e. The Morgan fingerprint density at radius 2 is 1.58 bits per heavy atom. The summed E-state index contributed by atoms with van der Waals surface area (Å²) in [4.78, 5) is 0. The van der Waals surface area contributed by atoms with Crippen LogP contribution in [-0.4, -0.2) is 79.7 Å². The second-order valence-electron chi connectivity index (χ2n) is 5.65. The van der Waals surface area contributed by atoms with E-state index in [1.54, 1.807) is 0 Å². The Hall–Kier alpha value is -1.62. The molecule has 0 radical (unpaired) electrons. The second kappa shape index (κ2) is 7.97. The largest absolute Gasteiger partial charge is 0.504 e. The van der Waals surface area contributed by atoms with E-state index < -0.39 is 54.6 Å². The Bertz CT molecular complexity index is 525. The van der Waals surface area contributed by atoms with Crippen LogP contribution in [0.1, 0.15) is 12.0 Å². The minimum atomic E-state index is -1.49. The Morgan fingerprint density at radius 1 is 0.958 bits per heavy atom. The zero-order valence-electron chi connectivity index (χ0n) is 12.8. The summed E-state index contributed by atoms with van der Waals surface area (Å²) in [5.74, 6) is -1.45. The summed E-state index contributed by atoms with van der Waals surface area (Å²) in [5, 5.41) is 66.3. The van der Waals surface area contributed by atoms with Crippen molar-refractivity contribution in [1.82, 2.24) is 0 Å². The summed E-state index contributed by atoms with van der Waals surface area (Å²) in [6.45, 7) is -0.415. The highest BCUT2D eigenvalue weighted by molar-refractivity contribution is 5.51. The molecule has 1 fully saturated rings. The Kier molecular flexibility index (Phi) is 6.21. The number of aliphatic hydroxyl groups is 4. The lowest BCUT2D eigenvalue weighted by molar-refractivity contribution is -0.301. The second-order valence-corrected chi connectivity index (χ2v) is 5.65. The van der Waals surface area contributed by atoms with Gasteiger partial charge in [0, 0.05) is 0 Å². The molecule has 136 valence electrons. The summed E-state index contributed by atoms with van der Waals surface area (Å²) in [7, 11) is 0. The molecule has 1 saturated heterocycles. The number of aryl methyl sites for hydroxylation is 1. The Morgan fingerprint density at radius 3 is 2.17 bits per heavy atom. The number of aliphatic hydroxyl groups excluding tert-OH is 4. The van der Waals surface area contributed by atoms with E-state index in [4.69, 9.17) is 14.6 Å². The van der Waals surface area contributed by atoms with E-state index >= 15 is 0 Å². The zero-order chi connectivity index (χ0) is 17.9. The molecule has 9 nitrogen and oxygen atoms in total. The number of phenols is 3. The number of hydrogen-bond donors (Lipinski definition) is 7. The van der Waals surface area contributed by atoms with Gasteiger partial charge in [-0.1, -0.05) is 0 Å². The molecule has 1 aromatic carbocycles. The number of phenolic OH excluding ortho intramolecular Hbond substituents is 3. The summed E-state index contributed by atoms with van der Waals surface area (Å²) in [5.41, 5.74) is 0.570. The molecule has 0 aliphatic carbocycles. The topological polar surface area (TPSA) is 160 Å². The van der Waals surface area contributed by atoms with Crippen molar-refractivity contribution >= 4 is 0 Å². The monoisotopic (exact) mass is 346 g/mol.